The van der Waals surface area contributed by atoms with Gasteiger partial charge in [-0.15, -0.1) is 0 Å². The van der Waals surface area contributed by atoms with Gasteiger partial charge in [-0.1, -0.05) is 7.43 Å². The molecule has 10 nitrogen and oxygen atoms in total. The molecule has 5 rings (SSSR count). The van der Waals surface area contributed by atoms with Gasteiger partial charge in [-0.25, -0.2) is 4.98 Å². The van der Waals surface area contributed by atoms with E-state index in [1.807, 2.05) is 0 Å². The molecule has 1 spiro atoms. The van der Waals surface area contributed by atoms with Gasteiger partial charge in [-0.05, 0) is 12.8 Å². The molecule has 1 saturated carbocycles. The van der Waals surface area contributed by atoms with E-state index in [0.29, 0.717) is 12.1 Å². The van der Waals surface area contributed by atoms with Crippen molar-refractivity contribution in [1.29, 1.82) is 0 Å². The topological polar surface area (TPSA) is 149 Å². The van der Waals surface area contributed by atoms with Gasteiger partial charge < -0.3 is 25.4 Å². The zero-order chi connectivity index (χ0) is 17.1. The Hall–Kier alpha value is -2.01. The zero-order valence-electron chi connectivity index (χ0n) is 13.1. The fourth-order valence-corrected chi connectivity index (χ4v) is 3.87. The number of aliphatic hydroxyl groups is 2. The number of nitrogens with one attached hydrogen (secondary N) is 1. The van der Waals surface area contributed by atoms with E-state index in [9.17, 15) is 9.90 Å². The summed E-state index contributed by atoms with van der Waals surface area (Å²) in [4.78, 5) is 22.5. The summed E-state index contributed by atoms with van der Waals surface area (Å²) in [5, 5.41) is 16.8. The number of rotatable bonds is 2. The fraction of sp³-hybridized carbons (Fsp3) is 0.667. The molecule has 10 heteroatoms. The fourth-order valence-electron chi connectivity index (χ4n) is 3.87. The van der Waals surface area contributed by atoms with E-state index in [0.717, 1.165) is 20.0 Å². The van der Waals surface area contributed by atoms with Crippen LogP contribution < -0.4 is 11.3 Å². The van der Waals surface area contributed by atoms with Gasteiger partial charge in [0.05, 0.1) is 12.9 Å². The Bertz CT molecular complexity index is 844. The highest BCUT2D eigenvalue weighted by Crippen LogP contribution is 2.64. The molecule has 25 heavy (non-hydrogen) atoms. The summed E-state index contributed by atoms with van der Waals surface area (Å²) in [5.74, 6) is 0.0267. The van der Waals surface area contributed by atoms with E-state index in [-0.39, 0.29) is 42.8 Å². The van der Waals surface area contributed by atoms with Crippen molar-refractivity contribution in [3.8, 4) is 0 Å². The first-order valence-corrected chi connectivity index (χ1v) is 7.71. The van der Waals surface area contributed by atoms with Gasteiger partial charge in [0, 0.05) is 13.5 Å². The number of ether oxygens (including phenoxy) is 2. The predicted molar refractivity (Wildman–Crippen MR) is 88.8 cm³/mol. The van der Waals surface area contributed by atoms with Crippen molar-refractivity contribution >= 4 is 17.1 Å². The monoisotopic (exact) mass is 353 g/mol. The average Bonchev–Trinajstić information content (AvgIpc) is 2.96. The number of aromatic nitrogens is 4. The number of anilines is 1. The Kier molecular flexibility index (Phi) is 4.11. The molecule has 3 fully saturated rings. The standard InChI is InChI=1S/C13H15N5O4.CH4O.CH4/c14-11-16-8-7(9(20)17-11)15-5-18(8)10-6-3-13(4-19,22-10)12(21-6)1-2-12;1-2;/h5-6,10,19H,1-4H2,(H3,14,16,17,20);2H,1H3;1H4/t6?,10-,13+;;/m1../s1. The lowest BCUT2D eigenvalue weighted by Crippen LogP contribution is -2.48. The van der Waals surface area contributed by atoms with Crippen LogP contribution in [0.25, 0.3) is 11.2 Å². The molecule has 2 aliphatic heterocycles. The Balaban J connectivity index is 0.000000588. The first-order valence-electron chi connectivity index (χ1n) is 7.71. The number of nitrogens with zero attached hydrogens (tertiary/aromatic N) is 3. The minimum atomic E-state index is -0.661. The van der Waals surface area contributed by atoms with E-state index in [2.05, 4.69) is 15.0 Å². The first kappa shape index (κ1) is 17.8. The van der Waals surface area contributed by atoms with Gasteiger partial charge in [-0.3, -0.25) is 14.3 Å². The first-order chi connectivity index (χ1) is 11.6. The highest BCUT2D eigenvalue weighted by molar-refractivity contribution is 5.70. The van der Waals surface area contributed by atoms with E-state index < -0.39 is 11.8 Å². The number of nitrogen functional groups attached to an aromatic ring is 1. The van der Waals surface area contributed by atoms with E-state index in [1.54, 1.807) is 4.57 Å². The molecule has 3 atom stereocenters. The Morgan fingerprint density at radius 1 is 1.44 bits per heavy atom. The summed E-state index contributed by atoms with van der Waals surface area (Å²) < 4.78 is 13.9. The molecule has 3 aliphatic rings. The van der Waals surface area contributed by atoms with Crippen molar-refractivity contribution < 1.29 is 19.7 Å². The van der Waals surface area contributed by atoms with Crippen LogP contribution >= 0.6 is 0 Å². The molecule has 4 heterocycles. The molecule has 1 unspecified atom stereocenters. The summed E-state index contributed by atoms with van der Waals surface area (Å²) in [7, 11) is 1.00. The van der Waals surface area contributed by atoms with E-state index in [4.69, 9.17) is 20.3 Å². The maximum Gasteiger partial charge on any atom is 0.280 e. The van der Waals surface area contributed by atoms with Gasteiger partial charge in [0.2, 0.25) is 5.95 Å². The second-order valence-corrected chi connectivity index (χ2v) is 6.29. The van der Waals surface area contributed by atoms with Crippen molar-refractivity contribution in [3.05, 3.63) is 16.7 Å². The molecule has 0 radical (unpaired) electrons. The summed E-state index contributed by atoms with van der Waals surface area (Å²) >= 11 is 0. The molecule has 2 aromatic heterocycles. The quantitative estimate of drug-likeness (QED) is 0.566. The third-order valence-corrected chi connectivity index (χ3v) is 5.09. The number of aliphatic hydroxyl groups excluding tert-OH is 2. The zero-order valence-corrected chi connectivity index (χ0v) is 13.1. The van der Waals surface area contributed by atoms with Crippen molar-refractivity contribution in [3.63, 3.8) is 0 Å². The lowest BCUT2D eigenvalue weighted by molar-refractivity contribution is -0.231. The van der Waals surface area contributed by atoms with Crippen molar-refractivity contribution in [2.24, 2.45) is 0 Å². The van der Waals surface area contributed by atoms with Crippen molar-refractivity contribution in [2.45, 2.75) is 50.2 Å². The molecule has 2 aromatic rings. The van der Waals surface area contributed by atoms with Gasteiger partial charge in [0.15, 0.2) is 17.4 Å². The maximum atomic E-state index is 11.9. The molecular formula is C15H23N5O5. The number of fused-ring (bicyclic) bond motifs is 4. The van der Waals surface area contributed by atoms with Crippen LogP contribution in [0.2, 0.25) is 0 Å². The lowest BCUT2D eigenvalue weighted by atomic mass is 9.94. The SMILES string of the molecule is C.CO.Nc1nc2c(ncn2[C@@H]2O[C@]3(CO)CC2OC32CC2)c(=O)[nH]1. The van der Waals surface area contributed by atoms with Crippen LogP contribution in [-0.2, 0) is 9.47 Å². The van der Waals surface area contributed by atoms with Crippen LogP contribution in [0.15, 0.2) is 11.1 Å². The highest BCUT2D eigenvalue weighted by atomic mass is 16.7. The predicted octanol–water partition coefficient (Wildman–Crippen LogP) is -0.472. The lowest BCUT2D eigenvalue weighted by Gasteiger charge is -2.37. The number of nitrogens with two attached hydrogens (primary N) is 1. The van der Waals surface area contributed by atoms with Crippen LogP contribution in [0.3, 0.4) is 0 Å². The number of aromatic amines is 1. The summed E-state index contributed by atoms with van der Waals surface area (Å²) in [5.41, 5.74) is 4.80. The number of hydrogen-bond donors (Lipinski definition) is 4. The van der Waals surface area contributed by atoms with Gasteiger partial charge in [-0.2, -0.15) is 4.98 Å². The number of imidazole rings is 1. The second-order valence-electron chi connectivity index (χ2n) is 6.29. The minimum absolute atomic E-state index is 0. The Morgan fingerprint density at radius 2 is 2.16 bits per heavy atom. The highest BCUT2D eigenvalue weighted by Gasteiger charge is 2.73. The molecular weight excluding hydrogens is 330 g/mol. The molecule has 1 aliphatic carbocycles. The molecule has 2 saturated heterocycles. The van der Waals surface area contributed by atoms with Gasteiger partial charge in [0.25, 0.3) is 5.56 Å². The van der Waals surface area contributed by atoms with Crippen LogP contribution in [0.4, 0.5) is 5.95 Å². The Morgan fingerprint density at radius 3 is 2.80 bits per heavy atom. The van der Waals surface area contributed by atoms with Crippen LogP contribution in [0, 0.1) is 0 Å². The number of hydrogen-bond acceptors (Lipinski definition) is 8. The normalized spacial score (nSPS) is 30.8. The maximum absolute atomic E-state index is 11.9. The largest absolute Gasteiger partial charge is 0.400 e. The summed E-state index contributed by atoms with van der Waals surface area (Å²) in [6.45, 7) is -0.0806. The van der Waals surface area contributed by atoms with E-state index >= 15 is 0 Å². The van der Waals surface area contributed by atoms with Crippen molar-refractivity contribution in [1.82, 2.24) is 19.5 Å². The van der Waals surface area contributed by atoms with Gasteiger partial charge in [0.1, 0.15) is 17.3 Å². The second kappa shape index (κ2) is 5.77. The molecule has 0 amide bonds. The molecule has 2 bridgehead atoms. The number of H-pyrrole nitrogens is 1. The smallest absolute Gasteiger partial charge is 0.280 e. The Labute approximate surface area is 143 Å². The van der Waals surface area contributed by atoms with Crippen LogP contribution in [0.1, 0.15) is 32.9 Å². The van der Waals surface area contributed by atoms with Gasteiger partial charge >= 0.3 is 0 Å². The molecule has 138 valence electrons. The third kappa shape index (κ3) is 2.21. The van der Waals surface area contributed by atoms with Crippen LogP contribution in [0.5, 0.6) is 0 Å². The summed E-state index contributed by atoms with van der Waals surface area (Å²) in [6, 6.07) is 0. The molecule has 5 N–H and O–H groups in total. The van der Waals surface area contributed by atoms with Crippen molar-refractivity contribution in [2.75, 3.05) is 19.5 Å². The molecule has 0 aromatic carbocycles. The summed E-state index contributed by atoms with van der Waals surface area (Å²) in [6.07, 6.45) is 3.31. The minimum Gasteiger partial charge on any atom is -0.400 e. The van der Waals surface area contributed by atoms with Crippen LogP contribution in [-0.4, -0.2) is 60.8 Å². The average molecular weight is 353 g/mol. The third-order valence-electron chi connectivity index (χ3n) is 5.09. The van der Waals surface area contributed by atoms with E-state index in [1.165, 1.54) is 6.33 Å².